The van der Waals surface area contributed by atoms with E-state index in [1.54, 1.807) is 0 Å². The fourth-order valence-corrected chi connectivity index (χ4v) is 4.20. The van der Waals surface area contributed by atoms with Crippen molar-refractivity contribution in [2.75, 3.05) is 0 Å². The van der Waals surface area contributed by atoms with Crippen molar-refractivity contribution in [2.24, 2.45) is 0 Å². The van der Waals surface area contributed by atoms with Gasteiger partial charge in [-0.2, -0.15) is 0 Å². The molecule has 0 radical (unpaired) electrons. The monoisotopic (exact) mass is 416 g/mol. The van der Waals surface area contributed by atoms with Gasteiger partial charge in [0, 0.05) is 5.25 Å². The van der Waals surface area contributed by atoms with Gasteiger partial charge in [-0.1, -0.05) is 90.9 Å². The molecule has 2 atom stereocenters. The van der Waals surface area contributed by atoms with E-state index in [1.807, 2.05) is 0 Å². The summed E-state index contributed by atoms with van der Waals surface area (Å²) >= 11 is 0. The molecular weight excluding hydrogens is 375 g/mol. The number of hydrogen-bond acceptors (Lipinski definition) is 4. The van der Waals surface area contributed by atoms with Gasteiger partial charge in [-0.3, -0.25) is 0 Å². The average molecular weight is 417 g/mol. The summed E-state index contributed by atoms with van der Waals surface area (Å²) in [6.45, 7) is 4.27. The van der Waals surface area contributed by atoms with Crippen LogP contribution in [0.2, 0.25) is 0 Å². The minimum absolute atomic E-state index is 0. The van der Waals surface area contributed by atoms with Crippen molar-refractivity contribution in [1.82, 2.24) is 0 Å². The van der Waals surface area contributed by atoms with E-state index in [-0.39, 0.29) is 57.5 Å². The van der Waals surface area contributed by atoms with E-state index >= 15 is 0 Å². The molecule has 6 heteroatoms. The van der Waals surface area contributed by atoms with Gasteiger partial charge in [0.15, 0.2) is 0 Å². The second-order valence-electron chi connectivity index (χ2n) is 7.46. The van der Waals surface area contributed by atoms with Crippen LogP contribution < -0.4 is 51.4 Å². The third kappa shape index (κ3) is 18.9. The second kappa shape index (κ2) is 19.8. The van der Waals surface area contributed by atoms with Gasteiger partial charge in [0.2, 0.25) is 0 Å². The summed E-state index contributed by atoms with van der Waals surface area (Å²) in [5.41, 5.74) is 0. The Morgan fingerprint density at radius 1 is 0.692 bits per heavy atom. The van der Waals surface area contributed by atoms with Crippen LogP contribution in [0.1, 0.15) is 117 Å². The Bertz CT molecular complexity index is 387. The predicted molar refractivity (Wildman–Crippen MR) is 105 cm³/mol. The number of hydrogen-bond donors (Lipinski definition) is 1. The number of unbranched alkanes of at least 4 members (excludes halogenated alkanes) is 9. The van der Waals surface area contributed by atoms with E-state index < -0.39 is 15.4 Å². The van der Waals surface area contributed by atoms with Gasteiger partial charge in [0.1, 0.15) is 0 Å². The molecule has 0 saturated carbocycles. The molecule has 1 N–H and O–H groups in total. The van der Waals surface area contributed by atoms with Gasteiger partial charge in [-0.05, 0) is 25.7 Å². The zero-order valence-corrected chi connectivity index (χ0v) is 21.5. The van der Waals surface area contributed by atoms with Crippen molar-refractivity contribution in [1.29, 1.82) is 0 Å². The van der Waals surface area contributed by atoms with Gasteiger partial charge in [0.25, 0.3) is 0 Å². The maximum atomic E-state index is 11.3. The normalized spacial score (nSPS) is 14.0. The maximum Gasteiger partial charge on any atom is 1.00 e. The first-order valence-corrected chi connectivity index (χ1v) is 12.0. The van der Waals surface area contributed by atoms with Gasteiger partial charge in [0.05, 0.1) is 16.2 Å². The van der Waals surface area contributed by atoms with Crippen molar-refractivity contribution < 1.29 is 69.5 Å². The zero-order valence-electron chi connectivity index (χ0n) is 17.5. The molecule has 0 heterocycles. The molecule has 0 spiro atoms. The summed E-state index contributed by atoms with van der Waals surface area (Å²) in [5.74, 6) is 0. The Kier molecular flexibility index (Phi) is 22.6. The molecule has 2 unspecified atom stereocenters. The summed E-state index contributed by atoms with van der Waals surface area (Å²) < 4.78 is 33.9. The van der Waals surface area contributed by atoms with Crippen LogP contribution in [0.25, 0.3) is 0 Å². The second-order valence-corrected chi connectivity index (χ2v) is 9.11. The minimum Gasteiger partial charge on any atom is -0.748 e. The van der Waals surface area contributed by atoms with Crippen LogP contribution >= 0.6 is 0 Å². The molecule has 26 heavy (non-hydrogen) atoms. The fourth-order valence-electron chi connectivity index (χ4n) is 3.29. The largest absolute Gasteiger partial charge is 1.00 e. The van der Waals surface area contributed by atoms with Crippen LogP contribution in [0, 0.1) is 0 Å². The van der Waals surface area contributed by atoms with E-state index in [0.717, 1.165) is 64.2 Å². The third-order valence-corrected chi connectivity index (χ3v) is 6.28. The van der Waals surface area contributed by atoms with E-state index in [4.69, 9.17) is 0 Å². The molecular formula is C20H41KO4S. The number of aliphatic hydroxyl groups excluding tert-OH is 1. The van der Waals surface area contributed by atoms with Crippen LogP contribution in [-0.4, -0.2) is 29.4 Å². The van der Waals surface area contributed by atoms with Crippen molar-refractivity contribution in [3.63, 3.8) is 0 Å². The molecule has 152 valence electrons. The van der Waals surface area contributed by atoms with Gasteiger partial charge in [-0.25, -0.2) is 8.42 Å². The molecule has 0 bridgehead atoms. The predicted octanol–water partition coefficient (Wildman–Crippen LogP) is 2.55. The van der Waals surface area contributed by atoms with Crippen molar-refractivity contribution in [2.45, 2.75) is 128 Å². The summed E-state index contributed by atoms with van der Waals surface area (Å²) in [7, 11) is -4.16. The van der Waals surface area contributed by atoms with Crippen LogP contribution in [0.5, 0.6) is 0 Å². The smallest absolute Gasteiger partial charge is 0.748 e. The van der Waals surface area contributed by atoms with Gasteiger partial charge < -0.3 is 9.66 Å². The number of aliphatic hydroxyl groups is 1. The number of rotatable bonds is 18. The fraction of sp³-hybridized carbons (Fsp3) is 1.00. The molecule has 0 aromatic carbocycles. The maximum absolute atomic E-state index is 11.3. The van der Waals surface area contributed by atoms with Crippen molar-refractivity contribution >= 4 is 10.1 Å². The van der Waals surface area contributed by atoms with Crippen LogP contribution in [0.3, 0.4) is 0 Å². The van der Waals surface area contributed by atoms with Crippen molar-refractivity contribution in [3.05, 3.63) is 0 Å². The van der Waals surface area contributed by atoms with E-state index in [9.17, 15) is 18.1 Å². The van der Waals surface area contributed by atoms with Crippen LogP contribution in [0.4, 0.5) is 0 Å². The summed E-state index contributed by atoms with van der Waals surface area (Å²) in [4.78, 5) is 0. The first kappa shape index (κ1) is 29.7. The minimum atomic E-state index is -4.16. The van der Waals surface area contributed by atoms with Gasteiger partial charge >= 0.3 is 51.4 Å². The van der Waals surface area contributed by atoms with Crippen LogP contribution in [0.15, 0.2) is 0 Å². The Labute approximate surface area is 205 Å². The molecule has 0 aliphatic carbocycles. The zero-order chi connectivity index (χ0) is 19.0. The average Bonchev–Trinajstić information content (AvgIpc) is 2.55. The van der Waals surface area contributed by atoms with Crippen molar-refractivity contribution in [3.8, 4) is 0 Å². The van der Waals surface area contributed by atoms with E-state index in [2.05, 4.69) is 13.8 Å². The molecule has 0 amide bonds. The quantitative estimate of drug-likeness (QED) is 0.212. The Morgan fingerprint density at radius 2 is 1.04 bits per heavy atom. The molecule has 0 rings (SSSR count). The third-order valence-electron chi connectivity index (χ3n) is 4.99. The molecule has 0 aromatic heterocycles. The summed E-state index contributed by atoms with van der Waals surface area (Å²) in [6, 6.07) is 0. The van der Waals surface area contributed by atoms with E-state index in [0.29, 0.717) is 12.8 Å². The molecule has 0 aliphatic heterocycles. The first-order chi connectivity index (χ1) is 11.9. The Hall–Kier alpha value is 1.51. The van der Waals surface area contributed by atoms with Gasteiger partial charge in [-0.15, -0.1) is 0 Å². The molecule has 0 fully saturated rings. The standard InChI is InChI=1S/C20H42O4S.K/c1-3-5-7-8-12-15-19(21)16-13-9-10-14-18-20(25(22,23)24)17-11-6-4-2;/h19-21H,3-18H2,1-2H3,(H,22,23,24);/q;+1/p-1. The first-order valence-electron chi connectivity index (χ1n) is 10.5. The molecule has 0 aliphatic rings. The summed E-state index contributed by atoms with van der Waals surface area (Å²) in [6.07, 6.45) is 15.3. The molecule has 0 saturated heterocycles. The van der Waals surface area contributed by atoms with E-state index in [1.165, 1.54) is 25.7 Å². The SMILES string of the molecule is CCCCCCCC(O)CCCCCCC(CCCCC)S(=O)(=O)[O-].[K+]. The topological polar surface area (TPSA) is 77.4 Å². The Balaban J connectivity index is 0. The molecule has 4 nitrogen and oxygen atoms in total. The summed E-state index contributed by atoms with van der Waals surface area (Å²) in [5, 5.41) is 9.26. The molecule has 0 aromatic rings. The Morgan fingerprint density at radius 3 is 1.46 bits per heavy atom. The van der Waals surface area contributed by atoms with Crippen LogP contribution in [-0.2, 0) is 10.1 Å².